The number of amides is 1. The molecule has 162 valence electrons. The quantitative estimate of drug-likeness (QED) is 0.673. The number of hydrogen-bond donors (Lipinski definition) is 2. The Morgan fingerprint density at radius 2 is 2.23 bits per heavy atom. The number of benzene rings is 1. The number of carbonyl (C=O) groups excluding carboxylic acids is 1. The van der Waals surface area contributed by atoms with Gasteiger partial charge in [-0.25, -0.2) is 9.50 Å². The second-order valence-corrected chi connectivity index (χ2v) is 8.53. The van der Waals surface area contributed by atoms with E-state index in [2.05, 4.69) is 27.2 Å². The summed E-state index contributed by atoms with van der Waals surface area (Å²) in [6, 6.07) is 5.79. The smallest absolute Gasteiger partial charge is 0.261 e. The van der Waals surface area contributed by atoms with Crippen LogP contribution < -0.4 is 15.0 Å². The van der Waals surface area contributed by atoms with Gasteiger partial charge in [-0.2, -0.15) is 5.10 Å². The highest BCUT2D eigenvalue weighted by Crippen LogP contribution is 2.39. The minimum Gasteiger partial charge on any atom is -0.487 e. The van der Waals surface area contributed by atoms with Gasteiger partial charge in [-0.15, -0.1) is 0 Å². The van der Waals surface area contributed by atoms with Gasteiger partial charge in [0.25, 0.3) is 5.91 Å². The van der Waals surface area contributed by atoms with Crippen LogP contribution in [-0.4, -0.2) is 51.4 Å². The number of aliphatic hydroxyl groups is 1. The van der Waals surface area contributed by atoms with E-state index >= 15 is 0 Å². The van der Waals surface area contributed by atoms with Crippen LogP contribution in [0.15, 0.2) is 36.8 Å². The van der Waals surface area contributed by atoms with E-state index in [1.165, 1.54) is 6.42 Å². The first-order valence-electron chi connectivity index (χ1n) is 10.9. The second-order valence-electron chi connectivity index (χ2n) is 8.53. The third-order valence-corrected chi connectivity index (χ3v) is 6.25. The molecular weight excluding hydrogens is 394 g/mol. The number of aliphatic hydroxyl groups excluding tert-OH is 1. The summed E-state index contributed by atoms with van der Waals surface area (Å²) in [5, 5.41) is 16.9. The summed E-state index contributed by atoms with van der Waals surface area (Å²) < 4.78 is 7.51. The van der Waals surface area contributed by atoms with E-state index in [9.17, 15) is 9.90 Å². The minimum atomic E-state index is -0.240. The van der Waals surface area contributed by atoms with Gasteiger partial charge in [0, 0.05) is 43.5 Å². The normalized spacial score (nSPS) is 20.9. The largest absolute Gasteiger partial charge is 0.487 e. The van der Waals surface area contributed by atoms with Crippen LogP contribution in [0, 0.1) is 5.92 Å². The molecular formula is C23H27N5O3. The predicted molar refractivity (Wildman–Crippen MR) is 118 cm³/mol. The van der Waals surface area contributed by atoms with Gasteiger partial charge in [0.05, 0.1) is 24.2 Å². The summed E-state index contributed by atoms with van der Waals surface area (Å²) in [6.45, 7) is 4.14. The zero-order chi connectivity index (χ0) is 21.4. The van der Waals surface area contributed by atoms with Crippen LogP contribution in [0.1, 0.15) is 42.1 Å². The summed E-state index contributed by atoms with van der Waals surface area (Å²) >= 11 is 0. The van der Waals surface area contributed by atoms with E-state index in [1.807, 2.05) is 12.1 Å². The molecule has 8 heteroatoms. The van der Waals surface area contributed by atoms with E-state index in [4.69, 9.17) is 4.74 Å². The fraction of sp³-hybridized carbons (Fsp3) is 0.435. The minimum absolute atomic E-state index is 0.0268. The van der Waals surface area contributed by atoms with Gasteiger partial charge < -0.3 is 20.1 Å². The van der Waals surface area contributed by atoms with Crippen LogP contribution in [0.2, 0.25) is 0 Å². The number of rotatable bonds is 4. The molecule has 0 radical (unpaired) electrons. The Morgan fingerprint density at radius 3 is 3.10 bits per heavy atom. The van der Waals surface area contributed by atoms with Crippen molar-refractivity contribution in [1.29, 1.82) is 0 Å². The molecule has 1 amide bonds. The average Bonchev–Trinajstić information content (AvgIpc) is 3.32. The number of anilines is 2. The number of carbonyl (C=O) groups is 1. The molecule has 8 nitrogen and oxygen atoms in total. The van der Waals surface area contributed by atoms with Crippen LogP contribution in [0.3, 0.4) is 0 Å². The molecule has 0 spiro atoms. The van der Waals surface area contributed by atoms with Crippen LogP contribution in [0.5, 0.6) is 5.75 Å². The highest BCUT2D eigenvalue weighted by molar-refractivity contribution is 6.09. The first kappa shape index (κ1) is 19.8. The molecule has 0 aliphatic carbocycles. The van der Waals surface area contributed by atoms with Crippen LogP contribution in [0.25, 0.3) is 5.65 Å². The third kappa shape index (κ3) is 3.83. The molecule has 3 aromatic rings. The SMILES string of the molecule is CC1CCCN(c2cc3c(cc2NC(=O)c2cnn4cccnc24)CC(CO)O3)CC1. The number of nitrogens with one attached hydrogen (secondary N) is 1. The maximum Gasteiger partial charge on any atom is 0.261 e. The summed E-state index contributed by atoms with van der Waals surface area (Å²) in [6.07, 6.45) is 8.80. The van der Waals surface area contributed by atoms with Crippen molar-refractivity contribution in [2.45, 2.75) is 38.7 Å². The van der Waals surface area contributed by atoms with Crippen molar-refractivity contribution in [3.8, 4) is 5.75 Å². The van der Waals surface area contributed by atoms with Gasteiger partial charge in [0.2, 0.25) is 0 Å². The molecule has 0 bridgehead atoms. The molecule has 2 unspecified atom stereocenters. The van der Waals surface area contributed by atoms with Crippen LogP contribution in [0.4, 0.5) is 11.4 Å². The maximum absolute atomic E-state index is 13.2. The first-order chi connectivity index (χ1) is 15.1. The molecule has 31 heavy (non-hydrogen) atoms. The number of aromatic nitrogens is 3. The Kier molecular flexibility index (Phi) is 5.23. The summed E-state index contributed by atoms with van der Waals surface area (Å²) in [7, 11) is 0. The number of fused-ring (bicyclic) bond motifs is 2. The van der Waals surface area contributed by atoms with Crippen molar-refractivity contribution in [2.75, 3.05) is 29.9 Å². The fourth-order valence-electron chi connectivity index (χ4n) is 4.49. The standard InChI is InChI=1S/C23H27N5O3/c1-15-4-2-7-27(9-5-15)20-12-21-16(10-17(14-29)31-21)11-19(20)26-23(30)18-13-25-28-8-3-6-24-22(18)28/h3,6,8,11-13,15,17,29H,2,4-5,7,9-10,14H2,1H3,(H,26,30). The third-order valence-electron chi connectivity index (χ3n) is 6.25. The summed E-state index contributed by atoms with van der Waals surface area (Å²) in [5.41, 5.74) is 3.68. The lowest BCUT2D eigenvalue weighted by Crippen LogP contribution is -2.26. The molecule has 1 saturated heterocycles. The topological polar surface area (TPSA) is 92.0 Å². The van der Waals surface area contributed by atoms with E-state index < -0.39 is 0 Å². The zero-order valence-corrected chi connectivity index (χ0v) is 17.6. The molecule has 0 saturated carbocycles. The molecule has 1 fully saturated rings. The Bertz CT molecular complexity index is 1110. The van der Waals surface area contributed by atoms with Crippen molar-refractivity contribution in [1.82, 2.24) is 14.6 Å². The van der Waals surface area contributed by atoms with Crippen molar-refractivity contribution < 1.29 is 14.6 Å². The van der Waals surface area contributed by atoms with Gasteiger partial charge in [-0.1, -0.05) is 6.92 Å². The van der Waals surface area contributed by atoms with E-state index in [0.717, 1.165) is 48.6 Å². The number of hydrogen-bond acceptors (Lipinski definition) is 6. The monoisotopic (exact) mass is 421 g/mol. The molecule has 2 N–H and O–H groups in total. The predicted octanol–water partition coefficient (Wildman–Crippen LogP) is 2.90. The molecule has 2 aliphatic heterocycles. The lowest BCUT2D eigenvalue weighted by Gasteiger charge is -2.26. The highest BCUT2D eigenvalue weighted by atomic mass is 16.5. The molecule has 2 atom stereocenters. The Labute approximate surface area is 180 Å². The Morgan fingerprint density at radius 1 is 1.32 bits per heavy atom. The fourth-order valence-corrected chi connectivity index (χ4v) is 4.49. The van der Waals surface area contributed by atoms with Crippen LogP contribution >= 0.6 is 0 Å². The first-order valence-corrected chi connectivity index (χ1v) is 10.9. The van der Waals surface area contributed by atoms with Crippen molar-refractivity contribution in [3.63, 3.8) is 0 Å². The van der Waals surface area contributed by atoms with E-state index in [1.54, 1.807) is 29.2 Å². The number of nitrogens with zero attached hydrogens (tertiary/aromatic N) is 4. The molecule has 5 rings (SSSR count). The van der Waals surface area contributed by atoms with Crippen molar-refractivity contribution in [3.05, 3.63) is 47.9 Å². The lowest BCUT2D eigenvalue weighted by atomic mass is 10.0. The Hall–Kier alpha value is -3.13. The summed E-state index contributed by atoms with van der Waals surface area (Å²) in [5.74, 6) is 1.25. The van der Waals surface area contributed by atoms with Gasteiger partial charge in [0.1, 0.15) is 17.4 Å². The van der Waals surface area contributed by atoms with Crippen molar-refractivity contribution in [2.24, 2.45) is 5.92 Å². The zero-order valence-electron chi connectivity index (χ0n) is 17.6. The van der Waals surface area contributed by atoms with E-state index in [-0.39, 0.29) is 18.6 Å². The summed E-state index contributed by atoms with van der Waals surface area (Å²) in [4.78, 5) is 19.8. The van der Waals surface area contributed by atoms with Gasteiger partial charge in [-0.05, 0) is 37.3 Å². The maximum atomic E-state index is 13.2. The number of ether oxygens (including phenoxy) is 1. The van der Waals surface area contributed by atoms with Crippen LogP contribution in [-0.2, 0) is 6.42 Å². The van der Waals surface area contributed by atoms with Gasteiger partial charge in [-0.3, -0.25) is 4.79 Å². The Balaban J connectivity index is 1.49. The van der Waals surface area contributed by atoms with Gasteiger partial charge >= 0.3 is 0 Å². The highest BCUT2D eigenvalue weighted by Gasteiger charge is 2.27. The van der Waals surface area contributed by atoms with Gasteiger partial charge in [0.15, 0.2) is 5.65 Å². The molecule has 1 aromatic carbocycles. The average molecular weight is 422 g/mol. The molecule has 2 aliphatic rings. The molecule has 4 heterocycles. The second kappa shape index (κ2) is 8.19. The van der Waals surface area contributed by atoms with Crippen molar-refractivity contribution >= 4 is 22.9 Å². The van der Waals surface area contributed by atoms with E-state index in [0.29, 0.717) is 23.5 Å². The molecule has 2 aromatic heterocycles. The lowest BCUT2D eigenvalue weighted by molar-refractivity contribution is 0.102.